The molecule has 3 heterocycles. The Morgan fingerprint density at radius 1 is 1.23 bits per heavy atom. The molecule has 142 valence electrons. The first-order valence-electron chi connectivity index (χ1n) is 9.85. The number of aryl methyl sites for hydroxylation is 1. The molecular formula is C20H28FN3O2. The molecule has 1 spiro atoms. The molecule has 6 heteroatoms. The van der Waals surface area contributed by atoms with Crippen molar-refractivity contribution in [3.8, 4) is 0 Å². The lowest BCUT2D eigenvalue weighted by atomic mass is 9.78. The highest BCUT2D eigenvalue weighted by molar-refractivity contribution is 5.86. The number of pyridine rings is 1. The maximum absolute atomic E-state index is 14.5. The number of anilines is 1. The Labute approximate surface area is 154 Å². The molecule has 3 fully saturated rings. The fourth-order valence-electron chi connectivity index (χ4n) is 5.00. The smallest absolute Gasteiger partial charge is 0.230 e. The van der Waals surface area contributed by atoms with Crippen LogP contribution < -0.4 is 4.90 Å². The van der Waals surface area contributed by atoms with Crippen LogP contribution in [0.3, 0.4) is 0 Å². The zero-order valence-corrected chi connectivity index (χ0v) is 15.5. The Balaban J connectivity index is 1.52. The first-order chi connectivity index (χ1) is 12.5. The minimum Gasteiger partial charge on any atom is -0.393 e. The maximum Gasteiger partial charge on any atom is 0.230 e. The van der Waals surface area contributed by atoms with Gasteiger partial charge in [0.25, 0.3) is 0 Å². The van der Waals surface area contributed by atoms with E-state index >= 15 is 0 Å². The van der Waals surface area contributed by atoms with Crippen LogP contribution in [0.2, 0.25) is 0 Å². The summed E-state index contributed by atoms with van der Waals surface area (Å²) in [4.78, 5) is 21.6. The number of aromatic nitrogens is 1. The summed E-state index contributed by atoms with van der Waals surface area (Å²) < 4.78 is 14.5. The van der Waals surface area contributed by atoms with E-state index in [1.807, 2.05) is 4.90 Å². The normalized spacial score (nSPS) is 32.5. The number of carbonyl (C=O) groups excluding carboxylic acids is 1. The minimum atomic E-state index is -0.397. The summed E-state index contributed by atoms with van der Waals surface area (Å²) in [6.07, 6.45) is 7.39. The largest absolute Gasteiger partial charge is 0.393 e. The van der Waals surface area contributed by atoms with Gasteiger partial charge in [-0.1, -0.05) is 0 Å². The first-order valence-corrected chi connectivity index (χ1v) is 9.85. The Morgan fingerprint density at radius 2 is 2.00 bits per heavy atom. The lowest BCUT2D eigenvalue weighted by Crippen LogP contribution is -2.50. The van der Waals surface area contributed by atoms with E-state index in [9.17, 15) is 14.3 Å². The topological polar surface area (TPSA) is 56.7 Å². The van der Waals surface area contributed by atoms with Crippen molar-refractivity contribution < 1.29 is 14.3 Å². The fourth-order valence-corrected chi connectivity index (χ4v) is 5.00. The predicted octanol–water partition coefficient (Wildman–Crippen LogP) is 2.65. The number of rotatable bonds is 2. The van der Waals surface area contributed by atoms with Crippen molar-refractivity contribution >= 4 is 11.7 Å². The van der Waals surface area contributed by atoms with Gasteiger partial charge >= 0.3 is 0 Å². The first kappa shape index (κ1) is 17.7. The van der Waals surface area contributed by atoms with Gasteiger partial charge < -0.3 is 14.9 Å². The van der Waals surface area contributed by atoms with Crippen molar-refractivity contribution in [2.45, 2.75) is 64.0 Å². The van der Waals surface area contributed by atoms with Crippen LogP contribution in [-0.2, 0) is 4.79 Å². The summed E-state index contributed by atoms with van der Waals surface area (Å²) in [5.41, 5.74) is 0.196. The van der Waals surface area contributed by atoms with Crippen molar-refractivity contribution in [3.05, 3.63) is 23.6 Å². The third-order valence-corrected chi connectivity index (χ3v) is 6.59. The summed E-state index contributed by atoms with van der Waals surface area (Å²) in [5.74, 6) is 0.348. The number of hydrogen-bond acceptors (Lipinski definition) is 4. The van der Waals surface area contributed by atoms with E-state index in [0.717, 1.165) is 58.0 Å². The highest BCUT2D eigenvalue weighted by Gasteiger charge is 2.51. The van der Waals surface area contributed by atoms with Crippen LogP contribution in [0.5, 0.6) is 0 Å². The summed E-state index contributed by atoms with van der Waals surface area (Å²) in [7, 11) is 0. The van der Waals surface area contributed by atoms with Crippen LogP contribution in [0.25, 0.3) is 0 Å². The Kier molecular flexibility index (Phi) is 4.63. The molecule has 1 unspecified atom stereocenters. The van der Waals surface area contributed by atoms with E-state index in [1.54, 1.807) is 19.2 Å². The summed E-state index contributed by atoms with van der Waals surface area (Å²) in [6, 6.07) is 1.94. The SMILES string of the molecule is Cc1ccnc(N2CCCC3(CCN(C4CCC(O)CC4)C3=O)C2)c1F. The molecular weight excluding hydrogens is 333 g/mol. The molecule has 0 radical (unpaired) electrons. The molecule has 2 aliphatic heterocycles. The molecule has 1 N–H and O–H groups in total. The van der Waals surface area contributed by atoms with Crippen LogP contribution in [-0.4, -0.2) is 52.7 Å². The molecule has 4 rings (SSSR count). The third-order valence-electron chi connectivity index (χ3n) is 6.59. The number of amides is 1. The van der Waals surface area contributed by atoms with Crippen molar-refractivity contribution in [3.63, 3.8) is 0 Å². The molecule has 2 saturated heterocycles. The molecule has 5 nitrogen and oxygen atoms in total. The quantitative estimate of drug-likeness (QED) is 0.880. The van der Waals surface area contributed by atoms with E-state index in [2.05, 4.69) is 9.88 Å². The van der Waals surface area contributed by atoms with Gasteiger partial charge in [0.2, 0.25) is 5.91 Å². The van der Waals surface area contributed by atoms with Crippen LogP contribution in [0.1, 0.15) is 50.5 Å². The summed E-state index contributed by atoms with van der Waals surface area (Å²) in [6.45, 7) is 3.85. The highest BCUT2D eigenvalue weighted by Crippen LogP contribution is 2.43. The van der Waals surface area contributed by atoms with E-state index < -0.39 is 5.41 Å². The van der Waals surface area contributed by atoms with Gasteiger partial charge in [-0.3, -0.25) is 4.79 Å². The van der Waals surface area contributed by atoms with Crippen molar-refractivity contribution in [2.24, 2.45) is 5.41 Å². The number of piperidine rings is 1. The monoisotopic (exact) mass is 361 g/mol. The molecule has 1 saturated carbocycles. The third kappa shape index (κ3) is 2.98. The Hall–Kier alpha value is -1.69. The van der Waals surface area contributed by atoms with Gasteiger partial charge in [0, 0.05) is 31.9 Å². The van der Waals surface area contributed by atoms with Gasteiger partial charge in [-0.2, -0.15) is 0 Å². The minimum absolute atomic E-state index is 0.210. The predicted molar refractivity (Wildman–Crippen MR) is 97.4 cm³/mol. The molecule has 3 aliphatic rings. The highest BCUT2D eigenvalue weighted by atomic mass is 19.1. The average molecular weight is 361 g/mol. The zero-order chi connectivity index (χ0) is 18.3. The van der Waals surface area contributed by atoms with E-state index in [1.165, 1.54) is 0 Å². The van der Waals surface area contributed by atoms with Crippen molar-refractivity contribution in [1.29, 1.82) is 0 Å². The van der Waals surface area contributed by atoms with Crippen LogP contribution in [0.15, 0.2) is 12.3 Å². The average Bonchev–Trinajstić information content (AvgIpc) is 2.94. The molecule has 0 bridgehead atoms. The van der Waals surface area contributed by atoms with E-state index in [0.29, 0.717) is 17.9 Å². The van der Waals surface area contributed by atoms with Gasteiger partial charge in [0.05, 0.1) is 11.5 Å². The molecule has 1 aromatic heterocycles. The summed E-state index contributed by atoms with van der Waals surface area (Å²) >= 11 is 0. The summed E-state index contributed by atoms with van der Waals surface area (Å²) in [5, 5.41) is 9.73. The second-order valence-electron chi connectivity index (χ2n) is 8.28. The molecule has 0 aromatic carbocycles. The van der Waals surface area contributed by atoms with Crippen LogP contribution >= 0.6 is 0 Å². The fraction of sp³-hybridized carbons (Fsp3) is 0.700. The molecule has 1 aliphatic carbocycles. The lowest BCUT2D eigenvalue weighted by molar-refractivity contribution is -0.139. The number of aliphatic hydroxyl groups excluding tert-OH is 1. The Bertz CT molecular complexity index is 690. The second kappa shape index (κ2) is 6.80. The number of carbonyl (C=O) groups is 1. The van der Waals surface area contributed by atoms with Gasteiger partial charge in [-0.25, -0.2) is 9.37 Å². The Morgan fingerprint density at radius 3 is 2.77 bits per heavy atom. The van der Waals surface area contributed by atoms with E-state index in [4.69, 9.17) is 0 Å². The molecule has 1 aromatic rings. The molecule has 1 atom stereocenters. The molecule has 1 amide bonds. The second-order valence-corrected chi connectivity index (χ2v) is 8.28. The van der Waals surface area contributed by atoms with Gasteiger partial charge in [0.15, 0.2) is 11.6 Å². The van der Waals surface area contributed by atoms with Crippen LogP contribution in [0, 0.1) is 18.2 Å². The lowest BCUT2D eigenvalue weighted by Gasteiger charge is -2.41. The number of aliphatic hydroxyl groups is 1. The van der Waals surface area contributed by atoms with Gasteiger partial charge in [-0.15, -0.1) is 0 Å². The number of nitrogens with zero attached hydrogens (tertiary/aromatic N) is 3. The van der Waals surface area contributed by atoms with Gasteiger partial charge in [-0.05, 0) is 63.5 Å². The van der Waals surface area contributed by atoms with Crippen LogP contribution in [0.4, 0.5) is 10.2 Å². The van der Waals surface area contributed by atoms with Gasteiger partial charge in [0.1, 0.15) is 0 Å². The number of halogens is 1. The molecule has 26 heavy (non-hydrogen) atoms. The van der Waals surface area contributed by atoms with Crippen molar-refractivity contribution in [1.82, 2.24) is 9.88 Å². The van der Waals surface area contributed by atoms with Crippen molar-refractivity contribution in [2.75, 3.05) is 24.5 Å². The number of hydrogen-bond donors (Lipinski definition) is 1. The maximum atomic E-state index is 14.5. The standard InChI is InChI=1S/C20H28FN3O2/c1-14-7-10-22-18(17(14)21)23-11-2-8-20(13-23)9-12-24(19(20)26)15-3-5-16(25)6-4-15/h7,10,15-16,25H,2-6,8-9,11-13H2,1H3. The van der Waals surface area contributed by atoms with E-state index in [-0.39, 0.29) is 23.9 Å². The zero-order valence-electron chi connectivity index (χ0n) is 15.5. The number of likely N-dealkylation sites (tertiary alicyclic amines) is 1.